The van der Waals surface area contributed by atoms with Crippen molar-refractivity contribution in [1.82, 2.24) is 9.88 Å². The Kier molecular flexibility index (Phi) is 5.67. The van der Waals surface area contributed by atoms with Gasteiger partial charge in [0.2, 0.25) is 16.9 Å². The first-order valence-electron chi connectivity index (χ1n) is 11.0. The fourth-order valence-corrected chi connectivity index (χ4v) is 4.17. The zero-order chi connectivity index (χ0) is 23.7. The Bertz CT molecular complexity index is 1540. The number of aryl methyl sites for hydroxylation is 1. The van der Waals surface area contributed by atoms with Gasteiger partial charge in [0.1, 0.15) is 17.3 Å². The fourth-order valence-electron chi connectivity index (χ4n) is 4.17. The summed E-state index contributed by atoms with van der Waals surface area (Å²) in [5, 5.41) is 4.13. The number of nitrogens with one attached hydrogen (secondary N) is 1. The number of fused-ring (bicyclic) bond motifs is 2. The van der Waals surface area contributed by atoms with E-state index in [1.165, 1.54) is 6.07 Å². The molecule has 0 spiro atoms. The van der Waals surface area contributed by atoms with Crippen molar-refractivity contribution in [3.05, 3.63) is 88.4 Å². The second kappa shape index (κ2) is 8.94. The molecule has 172 valence electrons. The molecule has 3 aromatic heterocycles. The predicted octanol–water partition coefficient (Wildman–Crippen LogP) is 4.68. The van der Waals surface area contributed by atoms with Crippen LogP contribution in [-0.2, 0) is 17.8 Å². The molecule has 0 unspecified atom stereocenters. The van der Waals surface area contributed by atoms with Crippen molar-refractivity contribution in [3.8, 4) is 17.1 Å². The first kappa shape index (κ1) is 21.6. The molecule has 7 heteroatoms. The van der Waals surface area contributed by atoms with Crippen molar-refractivity contribution >= 4 is 28.0 Å². The van der Waals surface area contributed by atoms with Crippen LogP contribution >= 0.6 is 0 Å². The van der Waals surface area contributed by atoms with Gasteiger partial charge in [-0.3, -0.25) is 9.59 Å². The number of nitrogens with zero attached hydrogens (tertiary/aromatic N) is 1. The normalized spacial score (nSPS) is 11.2. The van der Waals surface area contributed by atoms with Gasteiger partial charge in [0.25, 0.3) is 0 Å². The number of rotatable bonds is 7. The summed E-state index contributed by atoms with van der Waals surface area (Å²) < 4.78 is 19.1. The van der Waals surface area contributed by atoms with E-state index < -0.39 is 0 Å². The summed E-state index contributed by atoms with van der Waals surface area (Å²) in [6.45, 7) is 2.81. The summed E-state index contributed by atoms with van der Waals surface area (Å²) in [7, 11) is 1.59. The van der Waals surface area contributed by atoms with Crippen LogP contribution in [0.5, 0.6) is 5.75 Å². The Morgan fingerprint density at radius 1 is 1.03 bits per heavy atom. The SMILES string of the molecule is COc1ccc(-c2oc3c(=O)cc(C)oc3c2CC(=O)NCCn2ccc3ccccc32)cc1. The summed E-state index contributed by atoms with van der Waals surface area (Å²) in [5.74, 6) is 1.41. The predicted molar refractivity (Wildman–Crippen MR) is 130 cm³/mol. The first-order valence-corrected chi connectivity index (χ1v) is 11.0. The van der Waals surface area contributed by atoms with E-state index in [1.807, 2.05) is 30.5 Å². The van der Waals surface area contributed by atoms with Gasteiger partial charge in [-0.15, -0.1) is 0 Å². The maximum absolute atomic E-state index is 12.9. The number of para-hydroxylation sites is 1. The molecule has 0 saturated heterocycles. The van der Waals surface area contributed by atoms with Crippen LogP contribution < -0.4 is 15.5 Å². The molecule has 1 amide bonds. The number of amides is 1. The number of hydrogen-bond donors (Lipinski definition) is 1. The van der Waals surface area contributed by atoms with E-state index >= 15 is 0 Å². The van der Waals surface area contributed by atoms with Crippen molar-refractivity contribution in [3.63, 3.8) is 0 Å². The molecular formula is C27H24N2O5. The quantitative estimate of drug-likeness (QED) is 0.384. The van der Waals surface area contributed by atoms with Gasteiger partial charge in [-0.25, -0.2) is 0 Å². The summed E-state index contributed by atoms with van der Waals surface area (Å²) >= 11 is 0. The summed E-state index contributed by atoms with van der Waals surface area (Å²) in [6.07, 6.45) is 2.03. The molecule has 3 heterocycles. The number of ether oxygens (including phenoxy) is 1. The number of benzene rings is 2. The highest BCUT2D eigenvalue weighted by Crippen LogP contribution is 2.34. The maximum atomic E-state index is 12.9. The van der Waals surface area contributed by atoms with Crippen molar-refractivity contribution < 1.29 is 18.4 Å². The van der Waals surface area contributed by atoms with Crippen LogP contribution in [0.2, 0.25) is 0 Å². The molecule has 1 N–H and O–H groups in total. The minimum atomic E-state index is -0.278. The highest BCUT2D eigenvalue weighted by Gasteiger charge is 2.23. The molecule has 0 atom stereocenters. The number of carbonyl (C=O) groups is 1. The van der Waals surface area contributed by atoms with E-state index in [2.05, 4.69) is 28.1 Å². The van der Waals surface area contributed by atoms with Crippen LogP contribution in [0.15, 0.2) is 80.5 Å². The summed E-state index contributed by atoms with van der Waals surface area (Å²) in [4.78, 5) is 25.4. The minimum Gasteiger partial charge on any atom is -0.497 e. The number of methoxy groups -OCH3 is 1. The highest BCUT2D eigenvalue weighted by atomic mass is 16.5. The molecule has 5 rings (SSSR count). The smallest absolute Gasteiger partial charge is 0.228 e. The van der Waals surface area contributed by atoms with Gasteiger partial charge in [-0.2, -0.15) is 0 Å². The van der Waals surface area contributed by atoms with Crippen LogP contribution in [0.25, 0.3) is 33.4 Å². The van der Waals surface area contributed by atoms with E-state index in [1.54, 1.807) is 26.2 Å². The number of hydrogen-bond acceptors (Lipinski definition) is 5. The zero-order valence-corrected chi connectivity index (χ0v) is 19.0. The molecule has 0 aliphatic rings. The molecular weight excluding hydrogens is 432 g/mol. The average Bonchev–Trinajstić information content (AvgIpc) is 3.41. The minimum absolute atomic E-state index is 0.0210. The summed E-state index contributed by atoms with van der Waals surface area (Å²) in [5.41, 5.74) is 2.53. The third kappa shape index (κ3) is 4.08. The van der Waals surface area contributed by atoms with Crippen LogP contribution in [-0.4, -0.2) is 24.1 Å². The van der Waals surface area contributed by atoms with Crippen LogP contribution in [0.1, 0.15) is 11.3 Å². The summed E-state index contributed by atoms with van der Waals surface area (Å²) in [6, 6.07) is 18.8. The number of aromatic nitrogens is 1. The lowest BCUT2D eigenvalue weighted by atomic mass is 10.1. The van der Waals surface area contributed by atoms with Gasteiger partial charge in [-0.05, 0) is 48.7 Å². The van der Waals surface area contributed by atoms with E-state index in [9.17, 15) is 9.59 Å². The van der Waals surface area contributed by atoms with Gasteiger partial charge < -0.3 is 23.5 Å². The Labute approximate surface area is 195 Å². The largest absolute Gasteiger partial charge is 0.497 e. The maximum Gasteiger partial charge on any atom is 0.228 e. The molecule has 0 aliphatic heterocycles. The van der Waals surface area contributed by atoms with Gasteiger partial charge in [-0.1, -0.05) is 18.2 Å². The lowest BCUT2D eigenvalue weighted by molar-refractivity contribution is -0.120. The lowest BCUT2D eigenvalue weighted by Crippen LogP contribution is -2.28. The molecule has 7 nitrogen and oxygen atoms in total. The van der Waals surface area contributed by atoms with E-state index in [0.29, 0.717) is 41.5 Å². The Morgan fingerprint density at radius 2 is 1.82 bits per heavy atom. The number of carbonyl (C=O) groups excluding carboxylic acids is 1. The number of furan rings is 1. The van der Waals surface area contributed by atoms with Crippen LogP contribution in [0.3, 0.4) is 0 Å². The van der Waals surface area contributed by atoms with Gasteiger partial charge in [0.15, 0.2) is 5.58 Å². The second-order valence-corrected chi connectivity index (χ2v) is 8.11. The van der Waals surface area contributed by atoms with E-state index in [-0.39, 0.29) is 23.3 Å². The monoisotopic (exact) mass is 456 g/mol. The molecule has 2 aromatic carbocycles. The molecule has 0 saturated carbocycles. The molecule has 0 bridgehead atoms. The van der Waals surface area contributed by atoms with Crippen molar-refractivity contribution in [2.24, 2.45) is 0 Å². The van der Waals surface area contributed by atoms with Crippen molar-refractivity contribution in [2.75, 3.05) is 13.7 Å². The first-order chi connectivity index (χ1) is 16.5. The molecule has 5 aromatic rings. The Hall–Kier alpha value is -4.26. The van der Waals surface area contributed by atoms with Gasteiger partial charge >= 0.3 is 0 Å². The van der Waals surface area contributed by atoms with Crippen molar-refractivity contribution in [1.29, 1.82) is 0 Å². The third-order valence-electron chi connectivity index (χ3n) is 5.82. The zero-order valence-electron chi connectivity index (χ0n) is 19.0. The Balaban J connectivity index is 1.40. The highest BCUT2D eigenvalue weighted by molar-refractivity contribution is 5.90. The molecule has 0 aliphatic carbocycles. The van der Waals surface area contributed by atoms with Gasteiger partial charge in [0, 0.05) is 36.4 Å². The second-order valence-electron chi connectivity index (χ2n) is 8.11. The average molecular weight is 456 g/mol. The molecule has 0 fully saturated rings. The van der Waals surface area contributed by atoms with Crippen LogP contribution in [0, 0.1) is 6.92 Å². The van der Waals surface area contributed by atoms with Gasteiger partial charge in [0.05, 0.1) is 19.1 Å². The van der Waals surface area contributed by atoms with E-state index in [4.69, 9.17) is 13.6 Å². The van der Waals surface area contributed by atoms with E-state index in [0.717, 1.165) is 16.5 Å². The molecule has 34 heavy (non-hydrogen) atoms. The standard InChI is InChI=1S/C27H24N2O5/c1-17-15-23(30)27-26(33-17)21(25(34-27)19-7-9-20(32-2)10-8-19)16-24(31)28-12-14-29-13-11-18-5-3-4-6-22(18)29/h3-11,13,15H,12,14,16H2,1-2H3,(H,28,31). The fraction of sp³-hybridized carbons (Fsp3) is 0.185. The van der Waals surface area contributed by atoms with Crippen molar-refractivity contribution in [2.45, 2.75) is 19.9 Å². The topological polar surface area (TPSA) is 86.6 Å². The van der Waals surface area contributed by atoms with Crippen LogP contribution in [0.4, 0.5) is 0 Å². The molecule has 0 radical (unpaired) electrons. The lowest BCUT2D eigenvalue weighted by Gasteiger charge is -2.08. The Morgan fingerprint density at radius 3 is 2.62 bits per heavy atom. The third-order valence-corrected chi connectivity index (χ3v) is 5.82.